The molecule has 0 fully saturated rings. The fourth-order valence-corrected chi connectivity index (χ4v) is 4.25. The van der Waals surface area contributed by atoms with Crippen LogP contribution < -0.4 is 14.4 Å². The highest BCUT2D eigenvalue weighted by molar-refractivity contribution is 7.92. The lowest BCUT2D eigenvalue weighted by molar-refractivity contribution is -0.121. The first-order valence-corrected chi connectivity index (χ1v) is 11.2. The first-order valence-electron chi connectivity index (χ1n) is 9.75. The smallest absolute Gasteiger partial charge is 0.265 e. The predicted molar refractivity (Wildman–Crippen MR) is 114 cm³/mol. The molecule has 0 aliphatic carbocycles. The van der Waals surface area contributed by atoms with Gasteiger partial charge in [0, 0.05) is 12.1 Å². The molecule has 0 saturated heterocycles. The summed E-state index contributed by atoms with van der Waals surface area (Å²) in [5.74, 6) is 0.875. The molecule has 31 heavy (non-hydrogen) atoms. The average Bonchev–Trinajstić information content (AvgIpc) is 3.20. The normalized spacial score (nSPS) is 13.6. The Morgan fingerprint density at radius 3 is 2.65 bits per heavy atom. The highest BCUT2D eigenvalue weighted by Gasteiger charge is 2.29. The maximum Gasteiger partial charge on any atom is 0.265 e. The van der Waals surface area contributed by atoms with Crippen molar-refractivity contribution in [2.24, 2.45) is 0 Å². The summed E-state index contributed by atoms with van der Waals surface area (Å²) in [6, 6.07) is 9.72. The first kappa shape index (κ1) is 20.9. The van der Waals surface area contributed by atoms with E-state index in [4.69, 9.17) is 9.26 Å². The van der Waals surface area contributed by atoms with Crippen molar-refractivity contribution in [3.8, 4) is 5.75 Å². The van der Waals surface area contributed by atoms with Crippen LogP contribution in [-0.4, -0.2) is 31.1 Å². The average molecular weight is 442 g/mol. The van der Waals surface area contributed by atoms with Gasteiger partial charge in [0.1, 0.15) is 5.75 Å². The van der Waals surface area contributed by atoms with Crippen LogP contribution in [0.1, 0.15) is 29.8 Å². The lowest BCUT2D eigenvalue weighted by Crippen LogP contribution is -2.38. The number of fused-ring (bicyclic) bond motifs is 1. The zero-order valence-corrected chi connectivity index (χ0v) is 18.2. The van der Waals surface area contributed by atoms with Crippen molar-refractivity contribution in [1.82, 2.24) is 10.1 Å². The summed E-state index contributed by atoms with van der Waals surface area (Å²) in [6.45, 7) is 5.64. The number of benzene rings is 2. The van der Waals surface area contributed by atoms with Gasteiger partial charge in [-0.25, -0.2) is 8.42 Å². The molecule has 0 saturated carbocycles. The van der Waals surface area contributed by atoms with E-state index in [0.717, 1.165) is 11.1 Å². The molecule has 0 unspecified atom stereocenters. The summed E-state index contributed by atoms with van der Waals surface area (Å²) in [5.41, 5.74) is 2.84. The third-order valence-electron chi connectivity index (χ3n) is 5.05. The largest absolute Gasteiger partial charge is 0.482 e. The van der Waals surface area contributed by atoms with Crippen LogP contribution in [0.5, 0.6) is 5.75 Å². The Morgan fingerprint density at radius 2 is 1.94 bits per heavy atom. The summed E-state index contributed by atoms with van der Waals surface area (Å²) >= 11 is 0. The van der Waals surface area contributed by atoms with E-state index in [2.05, 4.69) is 14.9 Å². The van der Waals surface area contributed by atoms with Crippen molar-refractivity contribution < 1.29 is 22.5 Å². The van der Waals surface area contributed by atoms with E-state index in [-0.39, 0.29) is 24.0 Å². The van der Waals surface area contributed by atoms with Gasteiger partial charge in [-0.2, -0.15) is 4.98 Å². The maximum atomic E-state index is 13.0. The van der Waals surface area contributed by atoms with Crippen LogP contribution >= 0.6 is 0 Å². The van der Waals surface area contributed by atoms with Crippen molar-refractivity contribution in [2.45, 2.75) is 38.6 Å². The molecule has 0 atom stereocenters. The molecule has 0 bridgehead atoms. The minimum atomic E-state index is -3.88. The molecule has 1 aliphatic rings. The molecule has 1 aliphatic heterocycles. The number of hydrogen-bond donors (Lipinski definition) is 1. The number of aryl methyl sites for hydroxylation is 3. The Bertz CT molecular complexity index is 1250. The van der Waals surface area contributed by atoms with Gasteiger partial charge in [-0.15, -0.1) is 0 Å². The highest BCUT2D eigenvalue weighted by Crippen LogP contribution is 2.35. The summed E-state index contributed by atoms with van der Waals surface area (Å²) in [6.07, 6.45) is 0.577. The molecular formula is C21H22N4O5S. The van der Waals surface area contributed by atoms with Crippen molar-refractivity contribution in [2.75, 3.05) is 16.2 Å². The second-order valence-electron chi connectivity index (χ2n) is 7.26. The number of sulfonamides is 1. The van der Waals surface area contributed by atoms with Crippen LogP contribution in [-0.2, 0) is 27.8 Å². The number of carbonyl (C=O) groups is 1. The van der Waals surface area contributed by atoms with Crippen LogP contribution in [0.15, 0.2) is 45.8 Å². The quantitative estimate of drug-likeness (QED) is 0.624. The fraction of sp³-hybridized carbons (Fsp3) is 0.286. The topological polar surface area (TPSA) is 115 Å². The third-order valence-corrected chi connectivity index (χ3v) is 6.43. The summed E-state index contributed by atoms with van der Waals surface area (Å²) in [7, 11) is -3.88. The number of ether oxygens (including phenoxy) is 1. The van der Waals surface area contributed by atoms with Crippen LogP contribution in [0.2, 0.25) is 0 Å². The molecule has 10 heteroatoms. The molecule has 0 spiro atoms. The molecule has 1 aromatic heterocycles. The van der Waals surface area contributed by atoms with E-state index in [1.165, 1.54) is 23.1 Å². The molecule has 3 aromatic rings. The molecule has 2 heterocycles. The number of rotatable bonds is 6. The van der Waals surface area contributed by atoms with Crippen LogP contribution in [0.3, 0.4) is 0 Å². The zero-order chi connectivity index (χ0) is 22.2. The molecule has 2 aromatic carbocycles. The molecular weight excluding hydrogens is 420 g/mol. The summed E-state index contributed by atoms with van der Waals surface area (Å²) in [5, 5.41) is 3.88. The molecule has 0 radical (unpaired) electrons. The second kappa shape index (κ2) is 8.03. The Kier molecular flexibility index (Phi) is 5.40. The predicted octanol–water partition coefficient (Wildman–Crippen LogP) is 2.98. The Morgan fingerprint density at radius 1 is 1.13 bits per heavy atom. The molecule has 162 valence electrons. The van der Waals surface area contributed by atoms with Gasteiger partial charge in [0.25, 0.3) is 15.9 Å². The van der Waals surface area contributed by atoms with Gasteiger partial charge in [-0.05, 0) is 55.3 Å². The van der Waals surface area contributed by atoms with Gasteiger partial charge in [-0.1, -0.05) is 18.1 Å². The minimum Gasteiger partial charge on any atom is -0.482 e. The van der Waals surface area contributed by atoms with Crippen LogP contribution in [0, 0.1) is 13.8 Å². The zero-order valence-electron chi connectivity index (χ0n) is 17.4. The standard InChI is InChI=1S/C21H22N4O5S/c1-4-20-22-19(23-30-20)11-25-17-10-16(7-8-18(17)29-12-21(25)26)31(27,28)24-15-6-5-13(2)14(3)9-15/h5-10,24H,4,11-12H2,1-3H3. The Labute approximate surface area is 180 Å². The van der Waals surface area contributed by atoms with Gasteiger partial charge in [0.2, 0.25) is 5.89 Å². The number of aromatic nitrogens is 2. The fourth-order valence-electron chi connectivity index (χ4n) is 3.18. The Balaban J connectivity index is 1.65. The van der Waals surface area contributed by atoms with E-state index in [0.29, 0.717) is 35.3 Å². The lowest BCUT2D eigenvalue weighted by Gasteiger charge is -2.28. The number of amides is 1. The first-order chi connectivity index (χ1) is 14.8. The lowest BCUT2D eigenvalue weighted by atomic mass is 10.1. The van der Waals surface area contributed by atoms with Gasteiger partial charge < -0.3 is 9.26 Å². The number of hydrogen-bond acceptors (Lipinski definition) is 7. The monoisotopic (exact) mass is 442 g/mol. The number of carbonyl (C=O) groups excluding carboxylic acids is 1. The number of nitrogens with one attached hydrogen (secondary N) is 1. The molecule has 1 amide bonds. The van der Waals surface area contributed by atoms with Gasteiger partial charge in [-0.3, -0.25) is 14.4 Å². The van der Waals surface area contributed by atoms with Gasteiger partial charge >= 0.3 is 0 Å². The van der Waals surface area contributed by atoms with Crippen molar-refractivity contribution in [3.63, 3.8) is 0 Å². The van der Waals surface area contributed by atoms with E-state index < -0.39 is 10.0 Å². The van der Waals surface area contributed by atoms with Crippen molar-refractivity contribution >= 4 is 27.3 Å². The van der Waals surface area contributed by atoms with Crippen LogP contribution in [0.25, 0.3) is 0 Å². The Hall–Kier alpha value is -3.40. The van der Waals surface area contributed by atoms with E-state index in [1.807, 2.05) is 26.8 Å². The van der Waals surface area contributed by atoms with E-state index in [9.17, 15) is 13.2 Å². The number of anilines is 2. The third kappa shape index (κ3) is 4.24. The van der Waals surface area contributed by atoms with Crippen molar-refractivity contribution in [1.29, 1.82) is 0 Å². The van der Waals surface area contributed by atoms with E-state index >= 15 is 0 Å². The summed E-state index contributed by atoms with van der Waals surface area (Å²) in [4.78, 5) is 18.1. The van der Waals surface area contributed by atoms with Crippen molar-refractivity contribution in [3.05, 3.63) is 59.2 Å². The van der Waals surface area contributed by atoms with Gasteiger partial charge in [0.05, 0.1) is 17.1 Å². The summed E-state index contributed by atoms with van der Waals surface area (Å²) < 4.78 is 39.1. The SMILES string of the molecule is CCc1nc(CN2C(=O)COc3ccc(S(=O)(=O)Nc4ccc(C)c(C)c4)cc32)no1. The molecule has 1 N–H and O–H groups in total. The number of nitrogens with zero attached hydrogens (tertiary/aromatic N) is 3. The minimum absolute atomic E-state index is 0.00939. The molecule has 9 nitrogen and oxygen atoms in total. The second-order valence-corrected chi connectivity index (χ2v) is 8.94. The maximum absolute atomic E-state index is 13.0. The van der Waals surface area contributed by atoms with E-state index in [1.54, 1.807) is 12.1 Å². The highest BCUT2D eigenvalue weighted by atomic mass is 32.2. The van der Waals surface area contributed by atoms with Gasteiger partial charge in [0.15, 0.2) is 12.4 Å². The van der Waals surface area contributed by atoms with Crippen LogP contribution in [0.4, 0.5) is 11.4 Å². The molecule has 4 rings (SSSR count).